The third-order valence-electron chi connectivity index (χ3n) is 2.26. The Morgan fingerprint density at radius 1 is 1.43 bits per heavy atom. The van der Waals surface area contributed by atoms with Gasteiger partial charge in [0.2, 0.25) is 5.13 Å². The van der Waals surface area contributed by atoms with E-state index in [1.54, 1.807) is 18.3 Å². The SMILES string of the molecule is CC(=O)Oc1c(Br)cc(C=NNc2nc(C)cs2)cc1Br. The zero-order chi connectivity index (χ0) is 15.4. The van der Waals surface area contributed by atoms with Crippen molar-refractivity contribution in [1.82, 2.24) is 4.98 Å². The van der Waals surface area contributed by atoms with E-state index >= 15 is 0 Å². The van der Waals surface area contributed by atoms with Crippen LogP contribution in [0.4, 0.5) is 5.13 Å². The summed E-state index contributed by atoms with van der Waals surface area (Å²) in [5.41, 5.74) is 4.65. The van der Waals surface area contributed by atoms with Gasteiger partial charge in [0.05, 0.1) is 20.9 Å². The molecule has 0 saturated carbocycles. The average Bonchev–Trinajstić information content (AvgIpc) is 2.79. The quantitative estimate of drug-likeness (QED) is 0.337. The van der Waals surface area contributed by atoms with Crippen LogP contribution in [0.15, 0.2) is 31.6 Å². The van der Waals surface area contributed by atoms with E-state index in [0.29, 0.717) is 14.7 Å². The summed E-state index contributed by atoms with van der Waals surface area (Å²) >= 11 is 8.22. The molecule has 0 aliphatic heterocycles. The first-order chi connectivity index (χ1) is 9.95. The largest absolute Gasteiger partial charge is 0.424 e. The number of halogens is 2. The zero-order valence-corrected chi connectivity index (χ0v) is 15.2. The van der Waals surface area contributed by atoms with Crippen molar-refractivity contribution < 1.29 is 9.53 Å². The van der Waals surface area contributed by atoms with Crippen LogP contribution in [0.1, 0.15) is 18.2 Å². The molecule has 8 heteroatoms. The predicted octanol–water partition coefficient (Wildman–Crippen LogP) is 4.35. The first-order valence-electron chi connectivity index (χ1n) is 5.84. The number of ether oxygens (including phenoxy) is 1. The number of rotatable bonds is 4. The van der Waals surface area contributed by atoms with Crippen LogP contribution in [0.25, 0.3) is 0 Å². The van der Waals surface area contributed by atoms with Gasteiger partial charge in [0.15, 0.2) is 5.75 Å². The maximum atomic E-state index is 11.0. The van der Waals surface area contributed by atoms with Crippen LogP contribution in [0.3, 0.4) is 0 Å². The average molecular weight is 433 g/mol. The third kappa shape index (κ3) is 4.62. The number of benzene rings is 1. The topological polar surface area (TPSA) is 63.6 Å². The number of hydrogen-bond donors (Lipinski definition) is 1. The molecule has 2 aromatic rings. The summed E-state index contributed by atoms with van der Waals surface area (Å²) in [5, 5.41) is 6.80. The molecule has 0 fully saturated rings. The molecule has 0 radical (unpaired) electrons. The van der Waals surface area contributed by atoms with Gasteiger partial charge < -0.3 is 4.74 Å². The molecule has 110 valence electrons. The van der Waals surface area contributed by atoms with Crippen LogP contribution < -0.4 is 10.2 Å². The summed E-state index contributed by atoms with van der Waals surface area (Å²) in [6.07, 6.45) is 1.66. The summed E-state index contributed by atoms with van der Waals surface area (Å²) in [5.74, 6) is 0.0711. The molecule has 0 aliphatic carbocycles. The van der Waals surface area contributed by atoms with Gasteiger partial charge in [-0.15, -0.1) is 11.3 Å². The maximum absolute atomic E-state index is 11.0. The number of carbonyl (C=O) groups excluding carboxylic acids is 1. The molecule has 2 rings (SSSR count). The lowest BCUT2D eigenvalue weighted by molar-refractivity contribution is -0.131. The van der Waals surface area contributed by atoms with E-state index in [-0.39, 0.29) is 5.97 Å². The molecule has 0 unspecified atom stereocenters. The van der Waals surface area contributed by atoms with E-state index in [1.807, 2.05) is 12.3 Å². The monoisotopic (exact) mass is 431 g/mol. The molecule has 21 heavy (non-hydrogen) atoms. The highest BCUT2D eigenvalue weighted by Crippen LogP contribution is 2.34. The first kappa shape index (κ1) is 16.1. The summed E-state index contributed by atoms with van der Waals surface area (Å²) < 4.78 is 6.44. The molecule has 1 heterocycles. The second-order valence-corrected chi connectivity index (χ2v) is 6.64. The highest BCUT2D eigenvalue weighted by molar-refractivity contribution is 9.11. The van der Waals surface area contributed by atoms with Gasteiger partial charge in [0.25, 0.3) is 0 Å². The summed E-state index contributed by atoms with van der Waals surface area (Å²) in [7, 11) is 0. The molecule has 1 aromatic heterocycles. The number of nitrogens with one attached hydrogen (secondary N) is 1. The lowest BCUT2D eigenvalue weighted by Crippen LogP contribution is -2.03. The Bertz CT molecular complexity index is 677. The maximum Gasteiger partial charge on any atom is 0.308 e. The number of aromatic nitrogens is 1. The fraction of sp³-hybridized carbons (Fsp3) is 0.154. The molecule has 0 aliphatic rings. The Morgan fingerprint density at radius 2 is 2.10 bits per heavy atom. The number of aryl methyl sites for hydroxylation is 1. The van der Waals surface area contributed by atoms with Crippen molar-refractivity contribution in [2.45, 2.75) is 13.8 Å². The smallest absolute Gasteiger partial charge is 0.308 e. The number of carbonyl (C=O) groups is 1. The number of anilines is 1. The van der Waals surface area contributed by atoms with Crippen molar-refractivity contribution in [3.05, 3.63) is 37.7 Å². The Kier molecular flexibility index (Phi) is 5.49. The van der Waals surface area contributed by atoms with Crippen LogP contribution in [0.2, 0.25) is 0 Å². The summed E-state index contributed by atoms with van der Waals surface area (Å²) in [6.45, 7) is 3.28. The first-order valence-corrected chi connectivity index (χ1v) is 8.31. The van der Waals surface area contributed by atoms with Gasteiger partial charge in [-0.2, -0.15) is 5.10 Å². The van der Waals surface area contributed by atoms with E-state index in [1.165, 1.54) is 18.3 Å². The lowest BCUT2D eigenvalue weighted by Gasteiger charge is -2.07. The van der Waals surface area contributed by atoms with E-state index in [9.17, 15) is 4.79 Å². The Labute approximate surface area is 142 Å². The van der Waals surface area contributed by atoms with Crippen molar-refractivity contribution in [3.8, 4) is 5.75 Å². The van der Waals surface area contributed by atoms with E-state index in [0.717, 1.165) is 16.4 Å². The van der Waals surface area contributed by atoms with Crippen LogP contribution in [-0.2, 0) is 4.79 Å². The predicted molar refractivity (Wildman–Crippen MR) is 91.2 cm³/mol. The second kappa shape index (κ2) is 7.15. The van der Waals surface area contributed by atoms with Gasteiger partial charge in [0.1, 0.15) is 0 Å². The van der Waals surface area contributed by atoms with Gasteiger partial charge in [-0.3, -0.25) is 10.2 Å². The van der Waals surface area contributed by atoms with Crippen LogP contribution in [0.5, 0.6) is 5.75 Å². The summed E-state index contributed by atoms with van der Waals surface area (Å²) in [4.78, 5) is 15.3. The lowest BCUT2D eigenvalue weighted by atomic mass is 10.2. The molecule has 0 atom stereocenters. The molecule has 0 spiro atoms. The minimum atomic E-state index is -0.376. The van der Waals surface area contributed by atoms with Gasteiger partial charge in [-0.25, -0.2) is 4.98 Å². The number of hydrogen-bond acceptors (Lipinski definition) is 6. The number of thiazole rings is 1. The zero-order valence-electron chi connectivity index (χ0n) is 11.2. The fourth-order valence-electron chi connectivity index (χ4n) is 1.46. The number of esters is 1. The van der Waals surface area contributed by atoms with Crippen LogP contribution >= 0.6 is 43.2 Å². The molecule has 1 aromatic carbocycles. The van der Waals surface area contributed by atoms with Crippen LogP contribution in [-0.4, -0.2) is 17.2 Å². The van der Waals surface area contributed by atoms with Crippen molar-refractivity contribution >= 4 is 60.5 Å². The van der Waals surface area contributed by atoms with Gasteiger partial charge >= 0.3 is 5.97 Å². The molecule has 0 saturated heterocycles. The Morgan fingerprint density at radius 3 is 2.62 bits per heavy atom. The van der Waals surface area contributed by atoms with E-state index in [2.05, 4.69) is 47.4 Å². The molecular weight excluding hydrogens is 422 g/mol. The molecule has 0 bridgehead atoms. The van der Waals surface area contributed by atoms with Crippen LogP contribution in [0, 0.1) is 6.92 Å². The van der Waals surface area contributed by atoms with Crippen molar-refractivity contribution in [2.24, 2.45) is 5.10 Å². The van der Waals surface area contributed by atoms with E-state index < -0.39 is 0 Å². The number of hydrazone groups is 1. The fourth-order valence-corrected chi connectivity index (χ4v) is 3.48. The molecule has 0 amide bonds. The number of nitrogens with zero attached hydrogens (tertiary/aromatic N) is 2. The molecule has 5 nitrogen and oxygen atoms in total. The second-order valence-electron chi connectivity index (χ2n) is 4.07. The Hall–Kier alpha value is -1.25. The van der Waals surface area contributed by atoms with Crippen molar-refractivity contribution in [1.29, 1.82) is 0 Å². The minimum Gasteiger partial charge on any atom is -0.424 e. The van der Waals surface area contributed by atoms with Gasteiger partial charge in [0, 0.05) is 12.3 Å². The third-order valence-corrected chi connectivity index (χ3v) is 4.30. The van der Waals surface area contributed by atoms with Crippen molar-refractivity contribution in [3.63, 3.8) is 0 Å². The van der Waals surface area contributed by atoms with Gasteiger partial charge in [-0.05, 0) is 56.5 Å². The van der Waals surface area contributed by atoms with E-state index in [4.69, 9.17) is 4.74 Å². The normalized spacial score (nSPS) is 10.9. The Balaban J connectivity index is 2.12. The minimum absolute atomic E-state index is 0.376. The summed E-state index contributed by atoms with van der Waals surface area (Å²) in [6, 6.07) is 3.61. The highest BCUT2D eigenvalue weighted by atomic mass is 79.9. The molecular formula is C13H11Br2N3O2S. The van der Waals surface area contributed by atoms with Crippen molar-refractivity contribution in [2.75, 3.05) is 5.43 Å². The standard InChI is InChI=1S/C13H11Br2N3O2S/c1-7-6-21-13(17-7)18-16-5-9-3-10(14)12(11(15)4-9)20-8(2)19/h3-6H,1-2H3,(H,17,18). The molecule has 1 N–H and O–H groups in total. The van der Waals surface area contributed by atoms with Gasteiger partial charge in [-0.1, -0.05) is 0 Å². The highest BCUT2D eigenvalue weighted by Gasteiger charge is 2.10.